The van der Waals surface area contributed by atoms with Crippen molar-refractivity contribution in [1.82, 2.24) is 10.2 Å². The predicted molar refractivity (Wildman–Crippen MR) is 74.5 cm³/mol. The van der Waals surface area contributed by atoms with E-state index in [2.05, 4.69) is 21.2 Å². The molecule has 102 valence electrons. The topological polar surface area (TPSA) is 32.3 Å². The minimum absolute atomic E-state index is 0.172. The van der Waals surface area contributed by atoms with Crippen LogP contribution in [0.3, 0.4) is 0 Å². The summed E-state index contributed by atoms with van der Waals surface area (Å²) in [5.74, 6) is -0.640. The van der Waals surface area contributed by atoms with E-state index in [9.17, 15) is 9.18 Å². The first-order valence-electron chi connectivity index (χ1n) is 6.55. The van der Waals surface area contributed by atoms with Gasteiger partial charge in [0, 0.05) is 29.5 Å². The number of hydrogen-bond donors (Lipinski definition) is 1. The molecule has 2 saturated heterocycles. The summed E-state index contributed by atoms with van der Waals surface area (Å²) in [6.45, 7) is 3.47. The van der Waals surface area contributed by atoms with Gasteiger partial charge in [0.1, 0.15) is 5.82 Å². The molecule has 1 amide bonds. The van der Waals surface area contributed by atoms with Gasteiger partial charge in [-0.3, -0.25) is 4.79 Å². The Balaban J connectivity index is 1.78. The Labute approximate surface area is 120 Å². The highest BCUT2D eigenvalue weighted by Crippen LogP contribution is 2.36. The number of nitrogens with zero attached hydrogens (tertiary/aromatic N) is 1. The summed E-state index contributed by atoms with van der Waals surface area (Å²) >= 11 is 3.20. The van der Waals surface area contributed by atoms with Gasteiger partial charge in [-0.1, -0.05) is 15.9 Å². The van der Waals surface area contributed by atoms with Crippen molar-refractivity contribution in [3.8, 4) is 0 Å². The highest BCUT2D eigenvalue weighted by Gasteiger charge is 2.42. The lowest BCUT2D eigenvalue weighted by Crippen LogP contribution is -2.33. The van der Waals surface area contributed by atoms with E-state index in [0.29, 0.717) is 4.47 Å². The minimum atomic E-state index is -0.454. The number of carbonyl (C=O) groups excluding carboxylic acids is 1. The van der Waals surface area contributed by atoms with E-state index >= 15 is 0 Å². The SMILES string of the molecule is O=C(c1ccc(Br)cc1F)N1CCC2(CCNC2)C1. The lowest BCUT2D eigenvalue weighted by molar-refractivity contribution is 0.0771. The number of hydrogen-bond acceptors (Lipinski definition) is 2. The Kier molecular flexibility index (Phi) is 3.35. The van der Waals surface area contributed by atoms with Gasteiger partial charge < -0.3 is 10.2 Å². The van der Waals surface area contributed by atoms with Crippen molar-refractivity contribution in [1.29, 1.82) is 0 Å². The zero-order chi connectivity index (χ0) is 13.5. The molecule has 0 radical (unpaired) electrons. The van der Waals surface area contributed by atoms with Gasteiger partial charge in [-0.05, 0) is 37.6 Å². The van der Waals surface area contributed by atoms with Crippen LogP contribution in [-0.4, -0.2) is 37.0 Å². The lowest BCUT2D eigenvalue weighted by atomic mass is 9.86. The summed E-state index contributed by atoms with van der Waals surface area (Å²) in [5.41, 5.74) is 0.396. The van der Waals surface area contributed by atoms with Gasteiger partial charge in [0.05, 0.1) is 5.56 Å². The second kappa shape index (κ2) is 4.87. The molecule has 2 heterocycles. The molecule has 0 bridgehead atoms. The number of halogens is 2. The molecule has 0 saturated carbocycles. The summed E-state index contributed by atoms with van der Waals surface area (Å²) < 4.78 is 14.5. The first-order valence-corrected chi connectivity index (χ1v) is 7.34. The quantitative estimate of drug-likeness (QED) is 0.859. The first kappa shape index (κ1) is 13.1. The highest BCUT2D eigenvalue weighted by molar-refractivity contribution is 9.10. The molecule has 1 atom stereocenters. The Bertz CT molecular complexity index is 514. The number of carbonyl (C=O) groups is 1. The van der Waals surface area contributed by atoms with Crippen molar-refractivity contribution in [2.45, 2.75) is 12.8 Å². The maximum Gasteiger partial charge on any atom is 0.256 e. The summed E-state index contributed by atoms with van der Waals surface area (Å²) in [5, 5.41) is 3.35. The van der Waals surface area contributed by atoms with Crippen LogP contribution in [0.2, 0.25) is 0 Å². The summed E-state index contributed by atoms with van der Waals surface area (Å²) in [4.78, 5) is 14.2. The van der Waals surface area contributed by atoms with Gasteiger partial charge in [0.2, 0.25) is 0 Å². The Morgan fingerprint density at radius 1 is 1.42 bits per heavy atom. The number of rotatable bonds is 1. The molecule has 2 fully saturated rings. The zero-order valence-electron chi connectivity index (χ0n) is 10.6. The Morgan fingerprint density at radius 2 is 2.26 bits per heavy atom. The molecule has 1 spiro atoms. The zero-order valence-corrected chi connectivity index (χ0v) is 12.2. The van der Waals surface area contributed by atoms with E-state index < -0.39 is 5.82 Å². The maximum atomic E-state index is 13.8. The molecule has 1 aromatic rings. The van der Waals surface area contributed by atoms with Crippen LogP contribution in [0.25, 0.3) is 0 Å². The van der Waals surface area contributed by atoms with Gasteiger partial charge in [-0.15, -0.1) is 0 Å². The molecule has 5 heteroatoms. The van der Waals surface area contributed by atoms with Crippen molar-refractivity contribution in [2.75, 3.05) is 26.2 Å². The molecule has 2 aliphatic rings. The molecule has 1 unspecified atom stereocenters. The molecule has 1 N–H and O–H groups in total. The highest BCUT2D eigenvalue weighted by atomic mass is 79.9. The van der Waals surface area contributed by atoms with Crippen molar-refractivity contribution in [3.63, 3.8) is 0 Å². The number of nitrogens with one attached hydrogen (secondary N) is 1. The van der Waals surface area contributed by atoms with Gasteiger partial charge in [-0.25, -0.2) is 4.39 Å². The van der Waals surface area contributed by atoms with Crippen LogP contribution in [0.5, 0.6) is 0 Å². The molecular weight excluding hydrogens is 311 g/mol. The molecule has 0 aromatic heterocycles. The standard InChI is InChI=1S/C14H16BrFN2O/c15-10-1-2-11(12(16)7-10)13(19)18-6-4-14(9-18)3-5-17-8-14/h1-2,7,17H,3-6,8-9H2. The maximum absolute atomic E-state index is 13.8. The Morgan fingerprint density at radius 3 is 2.95 bits per heavy atom. The van der Waals surface area contributed by atoms with Crippen LogP contribution >= 0.6 is 15.9 Å². The van der Waals surface area contributed by atoms with Crippen molar-refractivity contribution in [2.24, 2.45) is 5.41 Å². The van der Waals surface area contributed by atoms with Gasteiger partial charge in [0.15, 0.2) is 0 Å². The number of amides is 1. The predicted octanol–water partition coefficient (Wildman–Crippen LogP) is 2.41. The summed E-state index contributed by atoms with van der Waals surface area (Å²) in [7, 11) is 0. The van der Waals surface area contributed by atoms with E-state index in [1.807, 2.05) is 0 Å². The van der Waals surface area contributed by atoms with Crippen LogP contribution in [0.15, 0.2) is 22.7 Å². The summed E-state index contributed by atoms with van der Waals surface area (Å²) in [6.07, 6.45) is 2.13. The van der Waals surface area contributed by atoms with E-state index in [1.165, 1.54) is 6.07 Å². The third kappa shape index (κ3) is 2.41. The number of benzene rings is 1. The van der Waals surface area contributed by atoms with Crippen LogP contribution < -0.4 is 5.32 Å². The van der Waals surface area contributed by atoms with Crippen molar-refractivity contribution < 1.29 is 9.18 Å². The smallest absolute Gasteiger partial charge is 0.256 e. The van der Waals surface area contributed by atoms with Gasteiger partial charge >= 0.3 is 0 Å². The molecule has 3 rings (SSSR count). The Hall–Kier alpha value is -0.940. The third-order valence-corrected chi connectivity index (χ3v) is 4.71. The fraction of sp³-hybridized carbons (Fsp3) is 0.500. The molecular formula is C14H16BrFN2O. The fourth-order valence-electron chi connectivity index (χ4n) is 3.09. The van der Waals surface area contributed by atoms with Crippen molar-refractivity contribution >= 4 is 21.8 Å². The minimum Gasteiger partial charge on any atom is -0.338 e. The van der Waals surface area contributed by atoms with E-state index in [4.69, 9.17) is 0 Å². The van der Waals surface area contributed by atoms with Crippen LogP contribution in [0.1, 0.15) is 23.2 Å². The van der Waals surface area contributed by atoms with E-state index in [1.54, 1.807) is 17.0 Å². The average Bonchev–Trinajstić information content (AvgIpc) is 3.00. The monoisotopic (exact) mass is 326 g/mol. The molecule has 3 nitrogen and oxygen atoms in total. The van der Waals surface area contributed by atoms with E-state index in [0.717, 1.165) is 39.0 Å². The average molecular weight is 327 g/mol. The molecule has 0 aliphatic carbocycles. The van der Waals surface area contributed by atoms with Crippen molar-refractivity contribution in [3.05, 3.63) is 34.1 Å². The first-order chi connectivity index (χ1) is 9.10. The van der Waals surface area contributed by atoms with Gasteiger partial charge in [0.25, 0.3) is 5.91 Å². The second-order valence-corrected chi connectivity index (χ2v) is 6.44. The molecule has 1 aromatic carbocycles. The van der Waals surface area contributed by atoms with Crippen LogP contribution in [-0.2, 0) is 0 Å². The lowest BCUT2D eigenvalue weighted by Gasteiger charge is -2.23. The fourth-order valence-corrected chi connectivity index (χ4v) is 3.42. The largest absolute Gasteiger partial charge is 0.338 e. The van der Waals surface area contributed by atoms with E-state index in [-0.39, 0.29) is 16.9 Å². The normalized spacial score (nSPS) is 26.3. The summed E-state index contributed by atoms with van der Waals surface area (Å²) in [6, 6.07) is 4.61. The van der Waals surface area contributed by atoms with Crippen LogP contribution in [0.4, 0.5) is 4.39 Å². The third-order valence-electron chi connectivity index (χ3n) is 4.22. The second-order valence-electron chi connectivity index (χ2n) is 5.53. The number of likely N-dealkylation sites (tertiary alicyclic amines) is 1. The molecule has 2 aliphatic heterocycles. The molecule has 19 heavy (non-hydrogen) atoms. The van der Waals surface area contributed by atoms with Crippen LogP contribution in [0, 0.1) is 11.2 Å². The van der Waals surface area contributed by atoms with Gasteiger partial charge in [-0.2, -0.15) is 0 Å².